The van der Waals surface area contributed by atoms with E-state index in [9.17, 15) is 9.18 Å². The number of rotatable bonds is 2. The second-order valence-corrected chi connectivity index (χ2v) is 4.02. The van der Waals surface area contributed by atoms with Gasteiger partial charge in [0.25, 0.3) is 0 Å². The van der Waals surface area contributed by atoms with Crippen LogP contribution in [0.5, 0.6) is 5.75 Å². The zero-order chi connectivity index (χ0) is 13.4. The second kappa shape index (κ2) is 4.24. The lowest BCUT2D eigenvalue weighted by molar-refractivity contribution is 0.413. The van der Waals surface area contributed by atoms with Crippen molar-refractivity contribution in [1.29, 1.82) is 0 Å². The summed E-state index contributed by atoms with van der Waals surface area (Å²) in [6.07, 6.45) is 1.49. The van der Waals surface area contributed by atoms with Gasteiger partial charge in [-0.2, -0.15) is 0 Å². The average Bonchev–Trinajstić information content (AvgIpc) is 2.77. The number of halogens is 1. The molecule has 3 aromatic rings. The number of hydrogen-bond donors (Lipinski definition) is 2. The van der Waals surface area contributed by atoms with Gasteiger partial charge in [-0.25, -0.2) is 14.2 Å². The van der Waals surface area contributed by atoms with E-state index in [1.807, 2.05) is 0 Å². The summed E-state index contributed by atoms with van der Waals surface area (Å²) in [5, 5.41) is 0. The predicted molar refractivity (Wildman–Crippen MR) is 68.7 cm³/mol. The van der Waals surface area contributed by atoms with Crippen LogP contribution in [0.1, 0.15) is 0 Å². The third-order valence-electron chi connectivity index (χ3n) is 2.85. The molecule has 0 radical (unpaired) electrons. The molecule has 0 atom stereocenters. The van der Waals surface area contributed by atoms with E-state index in [1.54, 1.807) is 18.2 Å². The van der Waals surface area contributed by atoms with Gasteiger partial charge in [0.2, 0.25) is 0 Å². The van der Waals surface area contributed by atoms with Crippen LogP contribution in [0, 0.1) is 5.82 Å². The van der Waals surface area contributed by atoms with Crippen LogP contribution in [0.4, 0.5) is 4.39 Å². The minimum absolute atomic E-state index is 0.321. The summed E-state index contributed by atoms with van der Waals surface area (Å²) in [5.74, 6) is 0.0115. The average molecular weight is 259 g/mol. The lowest BCUT2D eigenvalue weighted by atomic mass is 10.1. The first kappa shape index (κ1) is 11.5. The van der Waals surface area contributed by atoms with E-state index in [0.717, 1.165) is 0 Å². The van der Waals surface area contributed by atoms with Crippen molar-refractivity contribution < 1.29 is 9.13 Å². The molecule has 0 saturated carbocycles. The molecule has 2 N–H and O–H groups in total. The summed E-state index contributed by atoms with van der Waals surface area (Å²) in [7, 11) is 1.47. The van der Waals surface area contributed by atoms with Crippen LogP contribution >= 0.6 is 0 Å². The van der Waals surface area contributed by atoms with E-state index >= 15 is 0 Å². The fourth-order valence-electron chi connectivity index (χ4n) is 2.01. The van der Waals surface area contributed by atoms with Gasteiger partial charge in [0.15, 0.2) is 5.65 Å². The highest BCUT2D eigenvalue weighted by Crippen LogP contribution is 2.32. The van der Waals surface area contributed by atoms with E-state index in [0.29, 0.717) is 28.0 Å². The minimum atomic E-state index is -0.404. The van der Waals surface area contributed by atoms with Gasteiger partial charge in [-0.15, -0.1) is 0 Å². The van der Waals surface area contributed by atoms with Gasteiger partial charge < -0.3 is 9.72 Å². The number of aromatic amines is 2. The number of aromatic nitrogens is 3. The Labute approximate surface area is 107 Å². The van der Waals surface area contributed by atoms with Gasteiger partial charge in [0.1, 0.15) is 11.6 Å². The number of nitrogens with zero attached hydrogens (tertiary/aromatic N) is 1. The van der Waals surface area contributed by atoms with Crippen molar-refractivity contribution in [3.8, 4) is 16.9 Å². The van der Waals surface area contributed by atoms with Gasteiger partial charge >= 0.3 is 5.69 Å². The smallest absolute Gasteiger partial charge is 0.325 e. The Morgan fingerprint density at radius 2 is 2.16 bits per heavy atom. The van der Waals surface area contributed by atoms with Gasteiger partial charge in [-0.05, 0) is 18.2 Å². The van der Waals surface area contributed by atoms with Crippen molar-refractivity contribution in [3.05, 3.63) is 46.8 Å². The first-order chi connectivity index (χ1) is 9.19. The number of methoxy groups -OCH3 is 1. The molecule has 0 unspecified atom stereocenters. The largest absolute Gasteiger partial charge is 0.496 e. The molecule has 2 heterocycles. The monoisotopic (exact) mass is 259 g/mol. The quantitative estimate of drug-likeness (QED) is 0.740. The van der Waals surface area contributed by atoms with E-state index < -0.39 is 5.82 Å². The lowest BCUT2D eigenvalue weighted by Crippen LogP contribution is -1.99. The molecular formula is C13H10FN3O2. The highest BCUT2D eigenvalue weighted by molar-refractivity contribution is 5.80. The number of nitrogens with one attached hydrogen (secondary N) is 2. The number of pyridine rings is 1. The molecule has 0 aliphatic rings. The summed E-state index contributed by atoms with van der Waals surface area (Å²) in [6.45, 7) is 0. The summed E-state index contributed by atoms with van der Waals surface area (Å²) in [6, 6.07) is 6.24. The van der Waals surface area contributed by atoms with E-state index in [1.165, 1.54) is 19.4 Å². The zero-order valence-electron chi connectivity index (χ0n) is 10.0. The third kappa shape index (κ3) is 1.87. The number of imidazole rings is 1. The fourth-order valence-corrected chi connectivity index (χ4v) is 2.01. The molecule has 0 saturated heterocycles. The Morgan fingerprint density at radius 3 is 2.95 bits per heavy atom. The van der Waals surface area contributed by atoms with Crippen molar-refractivity contribution >= 4 is 11.2 Å². The highest BCUT2D eigenvalue weighted by atomic mass is 19.1. The second-order valence-electron chi connectivity index (χ2n) is 4.02. The number of benzene rings is 1. The van der Waals surface area contributed by atoms with Crippen molar-refractivity contribution in [1.82, 2.24) is 15.0 Å². The molecule has 0 fully saturated rings. The molecule has 0 spiro atoms. The molecule has 2 aromatic heterocycles. The van der Waals surface area contributed by atoms with Crippen molar-refractivity contribution in [2.75, 3.05) is 7.11 Å². The van der Waals surface area contributed by atoms with Crippen LogP contribution < -0.4 is 10.4 Å². The van der Waals surface area contributed by atoms with E-state index in [2.05, 4.69) is 15.0 Å². The maximum Gasteiger partial charge on any atom is 0.325 e. The number of fused-ring (bicyclic) bond motifs is 1. The van der Waals surface area contributed by atoms with E-state index in [-0.39, 0.29) is 5.69 Å². The normalized spacial score (nSPS) is 10.8. The van der Waals surface area contributed by atoms with Crippen LogP contribution in [0.15, 0.2) is 35.3 Å². The van der Waals surface area contributed by atoms with Crippen molar-refractivity contribution in [2.24, 2.45) is 0 Å². The Kier molecular flexibility index (Phi) is 2.56. The Balaban J connectivity index is 2.26. The number of H-pyrrole nitrogens is 2. The maximum atomic E-state index is 13.9. The summed E-state index contributed by atoms with van der Waals surface area (Å²) in [4.78, 5) is 20.4. The Hall–Kier alpha value is -2.63. The van der Waals surface area contributed by atoms with Gasteiger partial charge in [0.05, 0.1) is 18.2 Å². The van der Waals surface area contributed by atoms with E-state index in [4.69, 9.17) is 4.74 Å². The van der Waals surface area contributed by atoms with Crippen LogP contribution in [0.25, 0.3) is 22.3 Å². The standard InChI is InChI=1S/C13H10FN3O2/c1-19-10-4-2-3-8(14)11(10)7-5-9-12(15-6-7)17-13(18)16-9/h2-6H,1H3,(H2,15,16,17,18). The molecule has 96 valence electrons. The molecule has 0 amide bonds. The fraction of sp³-hybridized carbons (Fsp3) is 0.0769. The van der Waals surface area contributed by atoms with Crippen molar-refractivity contribution in [2.45, 2.75) is 0 Å². The minimum Gasteiger partial charge on any atom is -0.496 e. The highest BCUT2D eigenvalue weighted by Gasteiger charge is 2.13. The molecule has 0 aliphatic carbocycles. The van der Waals surface area contributed by atoms with Crippen LogP contribution in [0.2, 0.25) is 0 Å². The molecular weight excluding hydrogens is 249 g/mol. The third-order valence-corrected chi connectivity index (χ3v) is 2.85. The van der Waals surface area contributed by atoms with Crippen LogP contribution in [-0.2, 0) is 0 Å². The number of hydrogen-bond acceptors (Lipinski definition) is 3. The molecule has 5 nitrogen and oxygen atoms in total. The first-order valence-corrected chi connectivity index (χ1v) is 5.60. The predicted octanol–water partition coefficient (Wildman–Crippen LogP) is 2.07. The SMILES string of the molecule is COc1cccc(F)c1-c1cnc2[nH]c(=O)[nH]c2c1. The topological polar surface area (TPSA) is 70.8 Å². The summed E-state index contributed by atoms with van der Waals surface area (Å²) >= 11 is 0. The van der Waals surface area contributed by atoms with Gasteiger partial charge in [-0.3, -0.25) is 4.98 Å². The Bertz CT molecular complexity index is 807. The zero-order valence-corrected chi connectivity index (χ0v) is 10.0. The molecule has 0 bridgehead atoms. The molecule has 3 rings (SSSR count). The maximum absolute atomic E-state index is 13.9. The molecule has 1 aromatic carbocycles. The van der Waals surface area contributed by atoms with Crippen molar-refractivity contribution in [3.63, 3.8) is 0 Å². The summed E-state index contributed by atoms with van der Waals surface area (Å²) < 4.78 is 19.1. The molecule has 6 heteroatoms. The number of ether oxygens (including phenoxy) is 1. The Morgan fingerprint density at radius 1 is 1.32 bits per heavy atom. The first-order valence-electron chi connectivity index (χ1n) is 5.60. The summed E-state index contributed by atoms with van der Waals surface area (Å²) in [5.41, 5.74) is 1.47. The molecule has 0 aliphatic heterocycles. The lowest BCUT2D eigenvalue weighted by Gasteiger charge is -2.09. The van der Waals surface area contributed by atoms with Gasteiger partial charge in [-0.1, -0.05) is 6.07 Å². The van der Waals surface area contributed by atoms with Crippen LogP contribution in [-0.4, -0.2) is 22.1 Å². The van der Waals surface area contributed by atoms with Gasteiger partial charge in [0, 0.05) is 11.8 Å². The van der Waals surface area contributed by atoms with Crippen LogP contribution in [0.3, 0.4) is 0 Å². The molecule has 19 heavy (non-hydrogen) atoms.